The summed E-state index contributed by atoms with van der Waals surface area (Å²) in [5.74, 6) is 0.721. The molecular weight excluding hydrogens is 345 g/mol. The number of rotatable bonds is 7. The zero-order valence-electron chi connectivity index (χ0n) is 15.2. The molecule has 0 fully saturated rings. The van der Waals surface area contributed by atoms with E-state index in [2.05, 4.69) is 25.6 Å². The molecule has 3 N–H and O–H groups in total. The van der Waals surface area contributed by atoms with Crippen LogP contribution in [-0.4, -0.2) is 32.7 Å². The lowest BCUT2D eigenvalue weighted by atomic mass is 10.1. The van der Waals surface area contributed by atoms with Crippen molar-refractivity contribution in [2.75, 3.05) is 17.2 Å². The number of aliphatic hydroxyl groups is 1. The van der Waals surface area contributed by atoms with Gasteiger partial charge in [0.25, 0.3) is 0 Å². The monoisotopic (exact) mass is 367 g/mol. The van der Waals surface area contributed by atoms with Gasteiger partial charge in [0.15, 0.2) is 0 Å². The second-order valence-corrected chi connectivity index (χ2v) is 6.49. The maximum Gasteiger partial charge on any atom is 0.225 e. The van der Waals surface area contributed by atoms with Gasteiger partial charge in [-0.05, 0) is 36.2 Å². The third-order valence-electron chi connectivity index (χ3n) is 4.07. The average Bonchev–Trinajstić information content (AvgIpc) is 2.66. The number of nitrogens with zero attached hydrogens (tertiary/aromatic N) is 3. The summed E-state index contributed by atoms with van der Waals surface area (Å²) in [4.78, 5) is 13.3. The topological polar surface area (TPSA) is 83.0 Å². The lowest BCUT2D eigenvalue weighted by molar-refractivity contribution is 0.248. The van der Waals surface area contributed by atoms with E-state index >= 15 is 0 Å². The first kappa shape index (κ1) is 18.7. The van der Waals surface area contributed by atoms with Crippen molar-refractivity contribution in [2.45, 2.75) is 19.9 Å². The van der Waals surface area contributed by atoms with Crippen LogP contribution in [0.15, 0.2) is 54.7 Å². The maximum absolute atomic E-state index is 13.5. The molecule has 2 aromatic heterocycles. The van der Waals surface area contributed by atoms with E-state index < -0.39 is 0 Å². The Hall–Kier alpha value is -3.06. The van der Waals surface area contributed by atoms with Crippen LogP contribution in [0.25, 0.3) is 11.4 Å². The van der Waals surface area contributed by atoms with Crippen molar-refractivity contribution in [3.63, 3.8) is 0 Å². The number of hydrogen-bond acceptors (Lipinski definition) is 6. The molecule has 2 heterocycles. The number of aliphatic hydroxyl groups excluding tert-OH is 1. The van der Waals surface area contributed by atoms with Gasteiger partial charge >= 0.3 is 0 Å². The van der Waals surface area contributed by atoms with Gasteiger partial charge in [0, 0.05) is 18.0 Å². The third-order valence-corrected chi connectivity index (χ3v) is 4.07. The summed E-state index contributed by atoms with van der Waals surface area (Å²) in [6.45, 7) is 3.96. The summed E-state index contributed by atoms with van der Waals surface area (Å²) >= 11 is 0. The molecular formula is C20H22FN5O. The highest BCUT2D eigenvalue weighted by molar-refractivity contribution is 5.65. The van der Waals surface area contributed by atoms with Gasteiger partial charge in [0.2, 0.25) is 5.95 Å². The normalized spacial score (nSPS) is 12.0. The summed E-state index contributed by atoms with van der Waals surface area (Å²) < 4.78 is 13.5. The Morgan fingerprint density at radius 3 is 2.56 bits per heavy atom. The first-order valence-corrected chi connectivity index (χ1v) is 8.75. The lowest BCUT2D eigenvalue weighted by Crippen LogP contribution is -2.30. The van der Waals surface area contributed by atoms with Gasteiger partial charge in [-0.1, -0.05) is 26.0 Å². The predicted molar refractivity (Wildman–Crippen MR) is 104 cm³/mol. The van der Waals surface area contributed by atoms with E-state index in [4.69, 9.17) is 0 Å². The van der Waals surface area contributed by atoms with E-state index in [1.165, 1.54) is 12.1 Å². The summed E-state index contributed by atoms with van der Waals surface area (Å²) in [6.07, 6.45) is 1.69. The SMILES string of the molecule is CC(C)[C@H](CO)Nc1nc(Nc2cccc(F)c2)cc(-c2ccccn2)n1. The molecule has 1 atom stereocenters. The largest absolute Gasteiger partial charge is 0.394 e. The molecule has 1 aromatic carbocycles. The molecule has 6 nitrogen and oxygen atoms in total. The highest BCUT2D eigenvalue weighted by Gasteiger charge is 2.15. The second kappa shape index (κ2) is 8.55. The molecule has 3 rings (SSSR count). The summed E-state index contributed by atoms with van der Waals surface area (Å²) in [6, 6.07) is 13.3. The third kappa shape index (κ3) is 4.98. The van der Waals surface area contributed by atoms with E-state index in [1.807, 2.05) is 32.0 Å². The smallest absolute Gasteiger partial charge is 0.225 e. The molecule has 0 bridgehead atoms. The minimum Gasteiger partial charge on any atom is -0.394 e. The Kier molecular flexibility index (Phi) is 5.93. The minimum atomic E-state index is -0.336. The fourth-order valence-electron chi connectivity index (χ4n) is 2.52. The number of halogens is 1. The molecule has 0 saturated carbocycles. The summed E-state index contributed by atoms with van der Waals surface area (Å²) in [5, 5.41) is 15.8. The number of nitrogens with one attached hydrogen (secondary N) is 2. The number of pyridine rings is 1. The first-order valence-electron chi connectivity index (χ1n) is 8.75. The Labute approximate surface area is 157 Å². The summed E-state index contributed by atoms with van der Waals surface area (Å²) in [7, 11) is 0. The van der Waals surface area contributed by atoms with Gasteiger partial charge in [-0.15, -0.1) is 0 Å². The minimum absolute atomic E-state index is 0.0402. The molecule has 0 unspecified atom stereocenters. The molecule has 0 saturated heterocycles. The standard InChI is InChI=1S/C20H22FN5O/c1-13(2)18(12-27)25-20-24-17(16-8-3-4-9-22-16)11-19(26-20)23-15-7-5-6-14(21)10-15/h3-11,13,18,27H,12H2,1-2H3,(H2,23,24,25,26)/t18-/m0/s1. The van der Waals surface area contributed by atoms with Gasteiger partial charge in [-0.3, -0.25) is 4.98 Å². The van der Waals surface area contributed by atoms with E-state index in [0.717, 1.165) is 0 Å². The van der Waals surface area contributed by atoms with Crippen LogP contribution >= 0.6 is 0 Å². The zero-order chi connectivity index (χ0) is 19.2. The molecule has 0 aliphatic rings. The van der Waals surface area contributed by atoms with Crippen LogP contribution in [0.5, 0.6) is 0 Å². The van der Waals surface area contributed by atoms with E-state index in [9.17, 15) is 9.50 Å². The Bertz CT molecular complexity index is 889. The Balaban J connectivity index is 1.97. The molecule has 0 spiro atoms. The zero-order valence-corrected chi connectivity index (χ0v) is 15.2. The lowest BCUT2D eigenvalue weighted by Gasteiger charge is -2.20. The van der Waals surface area contributed by atoms with Crippen LogP contribution in [0.1, 0.15) is 13.8 Å². The average molecular weight is 367 g/mol. The second-order valence-electron chi connectivity index (χ2n) is 6.49. The van der Waals surface area contributed by atoms with Crippen LogP contribution < -0.4 is 10.6 Å². The molecule has 140 valence electrons. The van der Waals surface area contributed by atoms with Crippen molar-refractivity contribution < 1.29 is 9.50 Å². The number of aromatic nitrogens is 3. The van der Waals surface area contributed by atoms with E-state index in [0.29, 0.717) is 28.8 Å². The van der Waals surface area contributed by atoms with Crippen molar-refractivity contribution >= 4 is 17.5 Å². The van der Waals surface area contributed by atoms with Gasteiger partial charge in [0.1, 0.15) is 11.6 Å². The fourth-order valence-corrected chi connectivity index (χ4v) is 2.52. The van der Waals surface area contributed by atoms with Crippen LogP contribution in [-0.2, 0) is 0 Å². The quantitative estimate of drug-likeness (QED) is 0.588. The van der Waals surface area contributed by atoms with Crippen LogP contribution in [0.4, 0.5) is 21.8 Å². The van der Waals surface area contributed by atoms with Crippen LogP contribution in [0, 0.1) is 11.7 Å². The van der Waals surface area contributed by atoms with Crippen LogP contribution in [0.2, 0.25) is 0 Å². The van der Waals surface area contributed by atoms with Crippen molar-refractivity contribution in [3.8, 4) is 11.4 Å². The first-order chi connectivity index (χ1) is 13.0. The molecule has 0 aliphatic heterocycles. The molecule has 0 radical (unpaired) electrons. The fraction of sp³-hybridized carbons (Fsp3) is 0.250. The number of benzene rings is 1. The van der Waals surface area contributed by atoms with Crippen LogP contribution in [0.3, 0.4) is 0 Å². The highest BCUT2D eigenvalue weighted by Crippen LogP contribution is 2.23. The van der Waals surface area contributed by atoms with Crippen molar-refractivity contribution in [2.24, 2.45) is 5.92 Å². The van der Waals surface area contributed by atoms with E-state index in [1.54, 1.807) is 24.4 Å². The van der Waals surface area contributed by atoms with Crippen molar-refractivity contribution in [1.82, 2.24) is 15.0 Å². The number of anilines is 3. The predicted octanol–water partition coefficient (Wildman–Crippen LogP) is 3.85. The van der Waals surface area contributed by atoms with Gasteiger partial charge in [0.05, 0.1) is 24.0 Å². The van der Waals surface area contributed by atoms with Gasteiger partial charge < -0.3 is 15.7 Å². The van der Waals surface area contributed by atoms with Gasteiger partial charge in [-0.2, -0.15) is 4.98 Å². The number of hydrogen-bond donors (Lipinski definition) is 3. The van der Waals surface area contributed by atoms with Crippen molar-refractivity contribution in [3.05, 3.63) is 60.5 Å². The van der Waals surface area contributed by atoms with Gasteiger partial charge in [-0.25, -0.2) is 9.37 Å². The molecule has 0 aliphatic carbocycles. The molecule has 0 amide bonds. The highest BCUT2D eigenvalue weighted by atomic mass is 19.1. The summed E-state index contributed by atoms with van der Waals surface area (Å²) in [5.41, 5.74) is 1.89. The molecule has 27 heavy (non-hydrogen) atoms. The molecule has 7 heteroatoms. The Morgan fingerprint density at radius 1 is 1.04 bits per heavy atom. The Morgan fingerprint density at radius 2 is 1.89 bits per heavy atom. The van der Waals surface area contributed by atoms with Crippen molar-refractivity contribution in [1.29, 1.82) is 0 Å². The van der Waals surface area contributed by atoms with E-state index in [-0.39, 0.29) is 24.4 Å². The maximum atomic E-state index is 13.5. The molecule has 3 aromatic rings.